The Labute approximate surface area is 245 Å². The Balaban J connectivity index is 1.34. The summed E-state index contributed by atoms with van der Waals surface area (Å²) < 4.78 is 41.0. The fourth-order valence-corrected chi connectivity index (χ4v) is 5.46. The van der Waals surface area contributed by atoms with Gasteiger partial charge in [0.25, 0.3) is 17.7 Å². The van der Waals surface area contributed by atoms with Gasteiger partial charge in [0, 0.05) is 24.5 Å². The minimum atomic E-state index is -4.81. The van der Waals surface area contributed by atoms with Crippen molar-refractivity contribution in [2.24, 2.45) is 5.10 Å². The number of carbonyl (C=O) groups is 3. The average Bonchev–Trinajstić information content (AvgIpc) is 3.61. The number of amides is 3. The van der Waals surface area contributed by atoms with Gasteiger partial charge in [-0.25, -0.2) is 5.43 Å². The zero-order valence-corrected chi connectivity index (χ0v) is 23.7. The number of nitrogens with one attached hydrogen (secondary N) is 3. The van der Waals surface area contributed by atoms with Crippen molar-refractivity contribution in [3.8, 4) is 21.9 Å². The van der Waals surface area contributed by atoms with E-state index in [1.54, 1.807) is 36.6 Å². The van der Waals surface area contributed by atoms with E-state index in [2.05, 4.69) is 25.9 Å². The van der Waals surface area contributed by atoms with Gasteiger partial charge in [0.05, 0.1) is 25.9 Å². The molecule has 0 aliphatic carbocycles. The van der Waals surface area contributed by atoms with Gasteiger partial charge < -0.3 is 20.5 Å². The molecule has 2 aromatic carbocycles. The molecule has 4 rings (SSSR count). The highest BCUT2D eigenvalue weighted by molar-refractivity contribution is 7.16. The van der Waals surface area contributed by atoms with Gasteiger partial charge in [0.1, 0.15) is 11.5 Å². The lowest BCUT2D eigenvalue weighted by atomic mass is 10.1. The number of hydrazone groups is 1. The number of carbonyl (C=O) groups excluding carboxylic acids is 3. The quantitative estimate of drug-likeness (QED) is 0.145. The molecule has 9 nitrogen and oxygen atoms in total. The van der Waals surface area contributed by atoms with Gasteiger partial charge in [0.2, 0.25) is 0 Å². The molecule has 3 amide bonds. The largest absolute Gasteiger partial charge is 0.573 e. The molecule has 0 aliphatic heterocycles. The molecule has 0 saturated carbocycles. The van der Waals surface area contributed by atoms with Crippen LogP contribution in [0, 0.1) is 0 Å². The van der Waals surface area contributed by atoms with Crippen LogP contribution in [0.4, 0.5) is 13.2 Å². The molecule has 2 heterocycles. The van der Waals surface area contributed by atoms with Gasteiger partial charge >= 0.3 is 6.36 Å². The summed E-state index contributed by atoms with van der Waals surface area (Å²) in [5.41, 5.74) is 4.79. The second-order valence-electron chi connectivity index (χ2n) is 8.66. The van der Waals surface area contributed by atoms with E-state index in [0.717, 1.165) is 40.4 Å². The minimum Gasteiger partial charge on any atom is -0.506 e. The number of thiophene rings is 2. The van der Waals surface area contributed by atoms with Crippen LogP contribution in [-0.2, 0) is 6.54 Å². The average molecular weight is 617 g/mol. The maximum absolute atomic E-state index is 12.6. The first-order valence-electron chi connectivity index (χ1n) is 12.2. The number of hydrogen-bond acceptors (Lipinski definition) is 8. The smallest absolute Gasteiger partial charge is 0.506 e. The Kier molecular flexibility index (Phi) is 9.28. The normalized spacial score (nSPS) is 11.6. The number of halogens is 3. The van der Waals surface area contributed by atoms with Crippen LogP contribution in [0.1, 0.15) is 47.8 Å². The third-order valence-electron chi connectivity index (χ3n) is 5.78. The number of benzene rings is 2. The Morgan fingerprint density at radius 2 is 1.57 bits per heavy atom. The topological polar surface area (TPSA) is 129 Å². The van der Waals surface area contributed by atoms with E-state index >= 15 is 0 Å². The summed E-state index contributed by atoms with van der Waals surface area (Å²) in [6.07, 6.45) is -4.81. The molecule has 14 heteroatoms. The monoisotopic (exact) mass is 616 g/mol. The summed E-state index contributed by atoms with van der Waals surface area (Å²) in [7, 11) is 1.54. The summed E-state index contributed by atoms with van der Waals surface area (Å²) >= 11 is 2.13. The predicted molar refractivity (Wildman–Crippen MR) is 153 cm³/mol. The van der Waals surface area contributed by atoms with E-state index in [1.807, 2.05) is 0 Å². The van der Waals surface area contributed by atoms with Gasteiger partial charge in [-0.1, -0.05) is 12.1 Å². The molecule has 42 heavy (non-hydrogen) atoms. The standard InChI is InChI=1S/C28H23F3N4O5S2/c1-15(20-14-41-24(23(20)36)17-7-9-19(10-8-17)40-28(29,30)31)34-35-27(39)22-12-11-21(42-22)26(38)33-13-16-3-5-18(6-4-16)25(37)32-2/h3-12,14,36H,13H2,1-2H3,(H,32,37)(H,33,38)(H,35,39). The molecule has 4 aromatic rings. The maximum atomic E-state index is 12.6. The van der Waals surface area contributed by atoms with Crippen LogP contribution >= 0.6 is 22.7 Å². The maximum Gasteiger partial charge on any atom is 0.573 e. The van der Waals surface area contributed by atoms with Crippen molar-refractivity contribution in [3.63, 3.8) is 0 Å². The molecule has 4 N–H and O–H groups in total. The van der Waals surface area contributed by atoms with Crippen molar-refractivity contribution in [3.05, 3.63) is 92.5 Å². The van der Waals surface area contributed by atoms with E-state index in [0.29, 0.717) is 26.4 Å². The molecule has 218 valence electrons. The SMILES string of the molecule is CNC(=O)c1ccc(CNC(=O)c2ccc(C(=O)NN=C(C)c3csc(-c4ccc(OC(F)(F)F)cc4)c3O)s2)cc1. The lowest BCUT2D eigenvalue weighted by molar-refractivity contribution is -0.274. The highest BCUT2D eigenvalue weighted by atomic mass is 32.1. The number of alkyl halides is 3. The molecule has 2 aromatic heterocycles. The van der Waals surface area contributed by atoms with E-state index in [-0.39, 0.29) is 40.4 Å². The van der Waals surface area contributed by atoms with E-state index < -0.39 is 12.3 Å². The van der Waals surface area contributed by atoms with E-state index in [9.17, 15) is 32.7 Å². The molecule has 0 radical (unpaired) electrons. The van der Waals surface area contributed by atoms with Gasteiger partial charge in [-0.3, -0.25) is 14.4 Å². The van der Waals surface area contributed by atoms with Crippen LogP contribution in [0.25, 0.3) is 10.4 Å². The molecule has 0 fully saturated rings. The second kappa shape index (κ2) is 12.9. The number of aromatic hydroxyl groups is 1. The summed E-state index contributed by atoms with van der Waals surface area (Å²) in [6, 6.07) is 14.8. The highest BCUT2D eigenvalue weighted by Gasteiger charge is 2.31. The lowest BCUT2D eigenvalue weighted by Gasteiger charge is -2.09. The van der Waals surface area contributed by atoms with Crippen LogP contribution in [0.5, 0.6) is 11.5 Å². The molecular weight excluding hydrogens is 593 g/mol. The highest BCUT2D eigenvalue weighted by Crippen LogP contribution is 2.39. The van der Waals surface area contributed by atoms with Crippen molar-refractivity contribution in [1.82, 2.24) is 16.1 Å². The molecule has 0 atom stereocenters. The van der Waals surface area contributed by atoms with Gasteiger partial charge in [0.15, 0.2) is 0 Å². The third-order valence-corrected chi connectivity index (χ3v) is 7.88. The summed E-state index contributed by atoms with van der Waals surface area (Å²) in [4.78, 5) is 37.8. The Morgan fingerprint density at radius 1 is 0.929 bits per heavy atom. The fraction of sp³-hybridized carbons (Fsp3) is 0.143. The summed E-state index contributed by atoms with van der Waals surface area (Å²) in [5, 5.41) is 21.6. The van der Waals surface area contributed by atoms with Crippen LogP contribution in [0.15, 0.2) is 71.1 Å². The van der Waals surface area contributed by atoms with Crippen LogP contribution in [0.2, 0.25) is 0 Å². The van der Waals surface area contributed by atoms with Crippen molar-refractivity contribution in [2.45, 2.75) is 19.8 Å². The number of ether oxygens (including phenoxy) is 1. The van der Waals surface area contributed by atoms with Crippen molar-refractivity contribution < 1.29 is 37.4 Å². The van der Waals surface area contributed by atoms with Crippen LogP contribution < -0.4 is 20.8 Å². The third kappa shape index (κ3) is 7.53. The lowest BCUT2D eigenvalue weighted by Crippen LogP contribution is -2.22. The number of nitrogens with zero attached hydrogens (tertiary/aromatic N) is 1. The zero-order valence-electron chi connectivity index (χ0n) is 22.0. The van der Waals surface area contributed by atoms with E-state index in [4.69, 9.17) is 0 Å². The van der Waals surface area contributed by atoms with Crippen LogP contribution in [-0.4, -0.2) is 41.9 Å². The van der Waals surface area contributed by atoms with Crippen molar-refractivity contribution in [1.29, 1.82) is 0 Å². The van der Waals surface area contributed by atoms with Gasteiger partial charge in [-0.15, -0.1) is 35.8 Å². The fourth-order valence-electron chi connectivity index (χ4n) is 3.64. The Morgan fingerprint density at radius 3 is 2.19 bits per heavy atom. The molecule has 0 unspecified atom stereocenters. The minimum absolute atomic E-state index is 0.140. The van der Waals surface area contributed by atoms with E-state index in [1.165, 1.54) is 31.3 Å². The zero-order chi connectivity index (χ0) is 30.4. The molecule has 0 bridgehead atoms. The molecule has 0 saturated heterocycles. The first-order valence-corrected chi connectivity index (χ1v) is 13.9. The first-order chi connectivity index (χ1) is 19.9. The Bertz CT molecular complexity index is 1630. The predicted octanol–water partition coefficient (Wildman–Crippen LogP) is 5.52. The number of hydrogen-bond donors (Lipinski definition) is 4. The summed E-state index contributed by atoms with van der Waals surface area (Å²) in [6.45, 7) is 1.80. The molecule has 0 aliphatic rings. The van der Waals surface area contributed by atoms with Crippen LogP contribution in [0.3, 0.4) is 0 Å². The van der Waals surface area contributed by atoms with Gasteiger partial charge in [-0.05, 0) is 66.6 Å². The number of rotatable bonds is 9. The van der Waals surface area contributed by atoms with Gasteiger partial charge in [-0.2, -0.15) is 5.10 Å². The first kappa shape index (κ1) is 30.3. The molecule has 0 spiro atoms. The van der Waals surface area contributed by atoms with Crippen molar-refractivity contribution >= 4 is 46.1 Å². The van der Waals surface area contributed by atoms with Crippen molar-refractivity contribution in [2.75, 3.05) is 7.05 Å². The second-order valence-corrected chi connectivity index (χ2v) is 10.6. The molecular formula is C28H23F3N4O5S2. The Hall–Kier alpha value is -4.69. The summed E-state index contributed by atoms with van der Waals surface area (Å²) in [5.74, 6) is -1.66.